The van der Waals surface area contributed by atoms with Crippen LogP contribution in [0.4, 0.5) is 5.69 Å². The van der Waals surface area contributed by atoms with Gasteiger partial charge in [-0.2, -0.15) is 0 Å². The number of methoxy groups -OCH3 is 2. The van der Waals surface area contributed by atoms with Gasteiger partial charge in [0.05, 0.1) is 19.6 Å². The molecule has 0 radical (unpaired) electrons. The fourth-order valence-corrected chi connectivity index (χ4v) is 9.36. The maximum Gasteiger partial charge on any atom is 0.250 e. The van der Waals surface area contributed by atoms with Crippen molar-refractivity contribution in [1.82, 2.24) is 9.80 Å². The topological polar surface area (TPSA) is 71.1 Å². The summed E-state index contributed by atoms with van der Waals surface area (Å²) in [6.07, 6.45) is 1.96. The molecule has 7 rings (SSSR count). The molecule has 0 aromatic heterocycles. The molecule has 2 spiro atoms. The van der Waals surface area contributed by atoms with E-state index in [1.807, 2.05) is 91.6 Å². The number of nitrogens with one attached hydrogen (secondary N) is 1. The number of hydrogen-bond acceptors (Lipinski definition) is 7. The number of Topliss-reactive ketones (excluding diaryl/α,β-unsaturated/α-hetero) is 1. The summed E-state index contributed by atoms with van der Waals surface area (Å²) in [4.78, 5) is 34.6. The Bertz CT molecular complexity index is 1590. The van der Waals surface area contributed by atoms with E-state index in [1.54, 1.807) is 14.2 Å². The minimum atomic E-state index is -1.17. The number of fused-ring (bicyclic) bond motifs is 5. The zero-order valence-electron chi connectivity index (χ0n) is 23.4. The highest BCUT2D eigenvalue weighted by atomic mass is 32.2. The number of thioether (sulfide) groups is 1. The molecular weight excluding hydrogens is 534 g/mol. The second-order valence-corrected chi connectivity index (χ2v) is 12.4. The van der Waals surface area contributed by atoms with Crippen molar-refractivity contribution in [2.24, 2.45) is 5.41 Å². The van der Waals surface area contributed by atoms with E-state index >= 15 is 4.79 Å². The first kappa shape index (κ1) is 26.3. The van der Waals surface area contributed by atoms with Crippen molar-refractivity contribution < 1.29 is 19.1 Å². The van der Waals surface area contributed by atoms with Gasteiger partial charge in [0.15, 0.2) is 5.78 Å². The molecule has 3 saturated heterocycles. The van der Waals surface area contributed by atoms with Crippen LogP contribution in [0, 0.1) is 5.41 Å². The van der Waals surface area contributed by atoms with E-state index in [0.29, 0.717) is 30.3 Å². The summed E-state index contributed by atoms with van der Waals surface area (Å²) in [7, 11) is 5.37. The Morgan fingerprint density at radius 2 is 1.66 bits per heavy atom. The van der Waals surface area contributed by atoms with Crippen LogP contribution in [0.1, 0.15) is 22.6 Å². The predicted octanol–water partition coefficient (Wildman–Crippen LogP) is 4.61. The van der Waals surface area contributed by atoms with Gasteiger partial charge in [-0.15, -0.1) is 11.8 Å². The number of rotatable bonds is 4. The van der Waals surface area contributed by atoms with Crippen LogP contribution in [0.25, 0.3) is 6.08 Å². The van der Waals surface area contributed by atoms with Gasteiger partial charge in [0, 0.05) is 59.1 Å². The van der Waals surface area contributed by atoms with Crippen LogP contribution in [0.15, 0.2) is 78.4 Å². The molecule has 0 unspecified atom stereocenters. The molecule has 1 amide bonds. The molecular formula is C33H33N3O4S. The Kier molecular flexibility index (Phi) is 6.26. The average Bonchev–Trinajstić information content (AvgIpc) is 3.64. The number of piperidine rings is 1. The standard InChI is InChI=1S/C33H33N3O4S/c1-35-17-22(16-21-10-4-8-14-27(21)39-2)30(37)32(19-35)29(23-11-5-9-15-28(23)40-3)26-18-41-20-36(26)33(32)24-12-6-7-13-25(24)34-31(33)38/h4-16,26,29H,17-20H2,1-3H3,(H,34,38)/b22-16+/t26-,29-,32-,33-/m0/s1. The highest BCUT2D eigenvalue weighted by Gasteiger charge is 2.78. The number of nitrogens with zero attached hydrogens (tertiary/aromatic N) is 2. The number of para-hydroxylation sites is 3. The molecule has 0 bridgehead atoms. The zero-order chi connectivity index (χ0) is 28.4. The average molecular weight is 568 g/mol. The first-order valence-corrected chi connectivity index (χ1v) is 15.1. The van der Waals surface area contributed by atoms with Crippen LogP contribution in [0.2, 0.25) is 0 Å². The van der Waals surface area contributed by atoms with E-state index in [0.717, 1.165) is 33.9 Å². The van der Waals surface area contributed by atoms with E-state index < -0.39 is 11.0 Å². The molecule has 4 aliphatic heterocycles. The summed E-state index contributed by atoms with van der Waals surface area (Å²) < 4.78 is 11.6. The quantitative estimate of drug-likeness (QED) is 0.462. The summed E-state index contributed by atoms with van der Waals surface area (Å²) in [5, 5.41) is 3.20. The van der Waals surface area contributed by atoms with Crippen molar-refractivity contribution >= 4 is 35.2 Å². The lowest BCUT2D eigenvalue weighted by molar-refractivity contribution is -0.146. The number of likely N-dealkylation sites (N-methyl/N-ethyl adjacent to an activating group) is 1. The third kappa shape index (κ3) is 3.47. The molecule has 3 fully saturated rings. The third-order valence-electron chi connectivity index (χ3n) is 9.40. The lowest BCUT2D eigenvalue weighted by atomic mass is 9.55. The number of ether oxygens (including phenoxy) is 2. The minimum absolute atomic E-state index is 0.0173. The van der Waals surface area contributed by atoms with Crippen LogP contribution in [-0.2, 0) is 15.1 Å². The Morgan fingerprint density at radius 3 is 2.46 bits per heavy atom. The van der Waals surface area contributed by atoms with Crippen molar-refractivity contribution in [3.8, 4) is 11.5 Å². The van der Waals surface area contributed by atoms with E-state index in [2.05, 4.69) is 21.2 Å². The second-order valence-electron chi connectivity index (χ2n) is 11.4. The van der Waals surface area contributed by atoms with Gasteiger partial charge in [-0.25, -0.2) is 0 Å². The van der Waals surface area contributed by atoms with Gasteiger partial charge in [-0.3, -0.25) is 14.5 Å². The largest absolute Gasteiger partial charge is 0.496 e. The fraction of sp³-hybridized carbons (Fsp3) is 0.333. The first-order chi connectivity index (χ1) is 20.0. The first-order valence-electron chi connectivity index (χ1n) is 13.9. The molecule has 41 heavy (non-hydrogen) atoms. The molecule has 4 aliphatic rings. The molecule has 3 aromatic carbocycles. The van der Waals surface area contributed by atoms with Crippen molar-refractivity contribution in [2.45, 2.75) is 17.5 Å². The molecule has 1 N–H and O–H groups in total. The maximum atomic E-state index is 15.4. The number of carbonyl (C=O) groups is 2. The summed E-state index contributed by atoms with van der Waals surface area (Å²) in [6, 6.07) is 23.6. The predicted molar refractivity (Wildman–Crippen MR) is 161 cm³/mol. The van der Waals surface area contributed by atoms with Gasteiger partial charge in [-0.1, -0.05) is 54.6 Å². The zero-order valence-corrected chi connectivity index (χ0v) is 24.2. The van der Waals surface area contributed by atoms with Crippen molar-refractivity contribution in [1.29, 1.82) is 0 Å². The lowest BCUT2D eigenvalue weighted by Gasteiger charge is -2.51. The van der Waals surface area contributed by atoms with Crippen LogP contribution in [-0.4, -0.2) is 73.5 Å². The van der Waals surface area contributed by atoms with Gasteiger partial charge >= 0.3 is 0 Å². The van der Waals surface area contributed by atoms with Crippen molar-refractivity contribution in [2.75, 3.05) is 51.3 Å². The summed E-state index contributed by atoms with van der Waals surface area (Å²) in [6.45, 7) is 0.924. The number of benzene rings is 3. The van der Waals surface area contributed by atoms with Crippen molar-refractivity contribution in [3.05, 3.63) is 95.1 Å². The second kappa shape index (κ2) is 9.76. The number of amides is 1. The van der Waals surface area contributed by atoms with Crippen molar-refractivity contribution in [3.63, 3.8) is 0 Å². The SMILES string of the molecule is COc1ccccc1/C=C1\CN(C)C[C@@]2(C1=O)[C@@H](c1ccccc1OC)[C@@H]1CSCN1[C@@]21C(=O)Nc2ccccc21. The molecule has 4 atom stereocenters. The molecule has 7 nitrogen and oxygen atoms in total. The highest BCUT2D eigenvalue weighted by molar-refractivity contribution is 7.99. The smallest absolute Gasteiger partial charge is 0.250 e. The fourth-order valence-electron chi connectivity index (χ4n) is 8.06. The monoisotopic (exact) mass is 567 g/mol. The highest BCUT2D eigenvalue weighted by Crippen LogP contribution is 2.69. The third-order valence-corrected chi connectivity index (χ3v) is 10.4. The van der Waals surface area contributed by atoms with Gasteiger partial charge in [-0.05, 0) is 36.9 Å². The molecule has 3 aromatic rings. The molecule has 0 aliphatic carbocycles. The number of ketones is 1. The Hall–Kier alpha value is -3.59. The van der Waals surface area contributed by atoms with E-state index in [1.165, 1.54) is 0 Å². The molecule has 0 saturated carbocycles. The molecule has 4 heterocycles. The summed E-state index contributed by atoms with van der Waals surface area (Å²) >= 11 is 1.82. The van der Waals surface area contributed by atoms with Crippen LogP contribution < -0.4 is 14.8 Å². The summed E-state index contributed by atoms with van der Waals surface area (Å²) in [5.41, 5.74) is 1.88. The minimum Gasteiger partial charge on any atom is -0.496 e. The Morgan fingerprint density at radius 1 is 0.951 bits per heavy atom. The van der Waals surface area contributed by atoms with E-state index in [9.17, 15) is 4.79 Å². The van der Waals surface area contributed by atoms with Gasteiger partial charge in [0.25, 0.3) is 5.91 Å². The number of anilines is 1. The summed E-state index contributed by atoms with van der Waals surface area (Å²) in [5.74, 6) is 2.56. The molecule has 210 valence electrons. The Balaban J connectivity index is 1.55. The lowest BCUT2D eigenvalue weighted by Crippen LogP contribution is -2.65. The van der Waals surface area contributed by atoms with E-state index in [4.69, 9.17) is 9.47 Å². The van der Waals surface area contributed by atoms with Crippen LogP contribution in [0.3, 0.4) is 0 Å². The van der Waals surface area contributed by atoms with Gasteiger partial charge < -0.3 is 19.7 Å². The number of carbonyl (C=O) groups excluding carboxylic acids is 2. The van der Waals surface area contributed by atoms with Gasteiger partial charge in [0.2, 0.25) is 0 Å². The molecule has 8 heteroatoms. The maximum absolute atomic E-state index is 15.4. The van der Waals surface area contributed by atoms with Crippen LogP contribution >= 0.6 is 11.8 Å². The Labute approximate surface area is 244 Å². The normalized spacial score (nSPS) is 30.2. The van der Waals surface area contributed by atoms with Crippen LogP contribution in [0.5, 0.6) is 11.5 Å². The number of hydrogen-bond donors (Lipinski definition) is 1. The van der Waals surface area contributed by atoms with E-state index in [-0.39, 0.29) is 23.7 Å². The number of likely N-dealkylation sites (tertiary alicyclic amines) is 1. The van der Waals surface area contributed by atoms with Gasteiger partial charge in [0.1, 0.15) is 17.0 Å².